The molecule has 6 nitrogen and oxygen atoms in total. The molecule has 1 saturated heterocycles. The number of hydrogen-bond acceptors (Lipinski definition) is 6. The summed E-state index contributed by atoms with van der Waals surface area (Å²) in [5.41, 5.74) is 0.662. The fourth-order valence-corrected chi connectivity index (χ4v) is 2.32. The fourth-order valence-electron chi connectivity index (χ4n) is 2.18. The molecule has 0 radical (unpaired) electrons. The van der Waals surface area contributed by atoms with Crippen LogP contribution in [0, 0.1) is 17.1 Å². The Morgan fingerprint density at radius 3 is 2.91 bits per heavy atom. The van der Waals surface area contributed by atoms with Crippen LogP contribution < -0.4 is 10.2 Å². The molecule has 1 aliphatic rings. The molecule has 1 aromatic heterocycles. The molecular weight excluding hydrogens is 321 g/mol. The number of halogens is 2. The van der Waals surface area contributed by atoms with Gasteiger partial charge in [-0.05, 0) is 24.3 Å². The first-order valence-electron chi connectivity index (χ1n) is 6.97. The van der Waals surface area contributed by atoms with E-state index >= 15 is 0 Å². The highest BCUT2D eigenvalue weighted by Gasteiger charge is 2.22. The lowest BCUT2D eigenvalue weighted by Crippen LogP contribution is -2.42. The summed E-state index contributed by atoms with van der Waals surface area (Å²) < 4.78 is 18.3. The zero-order valence-corrected chi connectivity index (χ0v) is 12.8. The monoisotopic (exact) mass is 333 g/mol. The summed E-state index contributed by atoms with van der Waals surface area (Å²) in [6.45, 7) is 1.43. The van der Waals surface area contributed by atoms with Gasteiger partial charge in [0.25, 0.3) is 0 Å². The van der Waals surface area contributed by atoms with Gasteiger partial charge < -0.3 is 15.0 Å². The van der Waals surface area contributed by atoms with Gasteiger partial charge in [0.2, 0.25) is 5.95 Å². The second kappa shape index (κ2) is 6.77. The maximum Gasteiger partial charge on any atom is 0.227 e. The second-order valence-electron chi connectivity index (χ2n) is 4.93. The van der Waals surface area contributed by atoms with Crippen molar-refractivity contribution in [1.29, 1.82) is 5.26 Å². The lowest BCUT2D eigenvalue weighted by atomic mass is 10.3. The van der Waals surface area contributed by atoms with E-state index < -0.39 is 6.10 Å². The van der Waals surface area contributed by atoms with Crippen LogP contribution in [-0.4, -0.2) is 35.8 Å². The van der Waals surface area contributed by atoms with Crippen LogP contribution in [0.5, 0.6) is 0 Å². The average molecular weight is 334 g/mol. The Bertz CT molecular complexity index is 734. The van der Waals surface area contributed by atoms with E-state index in [1.807, 2.05) is 4.90 Å². The number of nitrogens with zero attached hydrogens (tertiary/aromatic N) is 4. The van der Waals surface area contributed by atoms with Gasteiger partial charge in [-0.2, -0.15) is 10.2 Å². The Balaban J connectivity index is 1.81. The molecule has 118 valence electrons. The molecule has 0 spiro atoms. The predicted molar refractivity (Wildman–Crippen MR) is 84.3 cm³/mol. The minimum absolute atomic E-state index is 0.319. The minimum atomic E-state index is -0.503. The Labute approximate surface area is 137 Å². The molecule has 0 aliphatic carbocycles. The molecule has 8 heteroatoms. The summed E-state index contributed by atoms with van der Waals surface area (Å²) in [6.07, 6.45) is 0.989. The van der Waals surface area contributed by atoms with Gasteiger partial charge in [-0.1, -0.05) is 11.6 Å². The lowest BCUT2D eigenvalue weighted by molar-refractivity contribution is 0.0758. The minimum Gasteiger partial charge on any atom is -0.360 e. The van der Waals surface area contributed by atoms with Crippen LogP contribution in [-0.2, 0) is 4.74 Å². The zero-order valence-electron chi connectivity index (χ0n) is 12.0. The molecule has 2 aromatic rings. The van der Waals surface area contributed by atoms with E-state index in [2.05, 4.69) is 21.4 Å². The summed E-state index contributed by atoms with van der Waals surface area (Å²) >= 11 is 6.12. The molecule has 23 heavy (non-hydrogen) atoms. The second-order valence-corrected chi connectivity index (χ2v) is 5.34. The van der Waals surface area contributed by atoms with Gasteiger partial charge in [-0.15, -0.1) is 0 Å². The number of nitriles is 1. The third-order valence-electron chi connectivity index (χ3n) is 3.33. The molecule has 0 bridgehead atoms. The van der Waals surface area contributed by atoms with Crippen LogP contribution in [0.1, 0.15) is 0 Å². The van der Waals surface area contributed by atoms with Crippen LogP contribution in [0.2, 0.25) is 5.02 Å². The highest BCUT2D eigenvalue weighted by Crippen LogP contribution is 2.25. The Hall–Kier alpha value is -2.43. The van der Waals surface area contributed by atoms with Gasteiger partial charge in [-0.3, -0.25) is 0 Å². The van der Waals surface area contributed by atoms with E-state index in [4.69, 9.17) is 21.6 Å². The lowest BCUT2D eigenvalue weighted by Gasteiger charge is -2.29. The molecule has 1 unspecified atom stereocenters. The SMILES string of the molecule is N#CC1CN(c2ncc(Cl)c(Nc3ccc(F)cc3)n2)CCO1. The van der Waals surface area contributed by atoms with Crippen LogP contribution in [0.15, 0.2) is 30.5 Å². The first kappa shape index (κ1) is 15.5. The van der Waals surface area contributed by atoms with Crippen molar-refractivity contribution in [1.82, 2.24) is 9.97 Å². The Morgan fingerprint density at radius 1 is 1.39 bits per heavy atom. The Morgan fingerprint density at radius 2 is 2.17 bits per heavy atom. The highest BCUT2D eigenvalue weighted by atomic mass is 35.5. The maximum absolute atomic E-state index is 13.0. The molecule has 3 rings (SSSR count). The summed E-state index contributed by atoms with van der Waals surface area (Å²) in [6, 6.07) is 7.95. The van der Waals surface area contributed by atoms with Crippen molar-refractivity contribution in [3.8, 4) is 6.07 Å². The van der Waals surface area contributed by atoms with E-state index in [-0.39, 0.29) is 5.82 Å². The maximum atomic E-state index is 13.0. The quantitative estimate of drug-likeness (QED) is 0.931. The van der Waals surface area contributed by atoms with Gasteiger partial charge >= 0.3 is 0 Å². The predicted octanol–water partition coefficient (Wildman–Crippen LogP) is 2.74. The number of nitrogens with one attached hydrogen (secondary N) is 1. The van der Waals surface area contributed by atoms with Crippen molar-refractivity contribution >= 4 is 29.1 Å². The van der Waals surface area contributed by atoms with Gasteiger partial charge in [0, 0.05) is 12.2 Å². The summed E-state index contributed by atoms with van der Waals surface area (Å²) in [5.74, 6) is 0.562. The van der Waals surface area contributed by atoms with Crippen molar-refractivity contribution in [2.24, 2.45) is 0 Å². The molecule has 0 amide bonds. The summed E-state index contributed by atoms with van der Waals surface area (Å²) in [7, 11) is 0. The van der Waals surface area contributed by atoms with Crippen molar-refractivity contribution in [3.05, 3.63) is 41.3 Å². The highest BCUT2D eigenvalue weighted by molar-refractivity contribution is 6.32. The molecule has 1 aliphatic heterocycles. The molecule has 2 heterocycles. The first-order valence-corrected chi connectivity index (χ1v) is 7.35. The molecule has 1 atom stereocenters. The van der Waals surface area contributed by atoms with Crippen LogP contribution in [0.4, 0.5) is 21.8 Å². The summed E-state index contributed by atoms with van der Waals surface area (Å²) in [4.78, 5) is 10.5. The average Bonchev–Trinajstić information content (AvgIpc) is 2.59. The number of hydrogen-bond donors (Lipinski definition) is 1. The number of aromatic nitrogens is 2. The number of anilines is 3. The van der Waals surface area contributed by atoms with E-state index in [9.17, 15) is 4.39 Å². The molecule has 1 N–H and O–H groups in total. The molecular formula is C15H13ClFN5O. The molecule has 0 saturated carbocycles. The van der Waals surface area contributed by atoms with Gasteiger partial charge in [0.1, 0.15) is 10.8 Å². The van der Waals surface area contributed by atoms with E-state index in [0.29, 0.717) is 42.2 Å². The van der Waals surface area contributed by atoms with Crippen LogP contribution in [0.25, 0.3) is 0 Å². The fraction of sp³-hybridized carbons (Fsp3) is 0.267. The zero-order chi connectivity index (χ0) is 16.2. The van der Waals surface area contributed by atoms with E-state index in [1.54, 1.807) is 12.1 Å². The molecule has 1 aromatic carbocycles. The van der Waals surface area contributed by atoms with E-state index in [1.165, 1.54) is 18.3 Å². The molecule has 1 fully saturated rings. The number of ether oxygens (including phenoxy) is 1. The van der Waals surface area contributed by atoms with Crippen LogP contribution in [0.3, 0.4) is 0 Å². The van der Waals surface area contributed by atoms with Crippen molar-refractivity contribution in [3.63, 3.8) is 0 Å². The third-order valence-corrected chi connectivity index (χ3v) is 3.61. The van der Waals surface area contributed by atoms with Crippen molar-refractivity contribution in [2.75, 3.05) is 29.9 Å². The third kappa shape index (κ3) is 3.67. The van der Waals surface area contributed by atoms with Crippen molar-refractivity contribution in [2.45, 2.75) is 6.10 Å². The number of morpholine rings is 1. The normalized spacial score (nSPS) is 17.6. The topological polar surface area (TPSA) is 74.1 Å². The smallest absolute Gasteiger partial charge is 0.227 e. The number of rotatable bonds is 3. The van der Waals surface area contributed by atoms with Gasteiger partial charge in [0.15, 0.2) is 11.9 Å². The van der Waals surface area contributed by atoms with Gasteiger partial charge in [0.05, 0.1) is 25.4 Å². The summed E-state index contributed by atoms with van der Waals surface area (Å²) in [5, 5.41) is 12.3. The first-order chi connectivity index (χ1) is 11.2. The van der Waals surface area contributed by atoms with Gasteiger partial charge in [-0.25, -0.2) is 9.37 Å². The number of benzene rings is 1. The van der Waals surface area contributed by atoms with Crippen molar-refractivity contribution < 1.29 is 9.13 Å². The van der Waals surface area contributed by atoms with E-state index in [0.717, 1.165) is 0 Å². The van der Waals surface area contributed by atoms with Crippen LogP contribution >= 0.6 is 11.6 Å². The largest absolute Gasteiger partial charge is 0.360 e. The Kier molecular flexibility index (Phi) is 4.55. The standard InChI is InChI=1S/C15H13ClFN5O/c16-13-8-19-15(22-5-6-23-12(7-18)9-22)21-14(13)20-11-3-1-10(17)2-4-11/h1-4,8,12H,5-6,9H2,(H,19,20,21).